The number of benzene rings is 2. The van der Waals surface area contributed by atoms with E-state index in [1.807, 2.05) is 66.5 Å². The second-order valence-corrected chi connectivity index (χ2v) is 4.98. The third-order valence-electron chi connectivity index (χ3n) is 3.36. The molecule has 2 N–H and O–H groups in total. The van der Waals surface area contributed by atoms with Crippen LogP contribution in [0.5, 0.6) is 5.75 Å². The first-order valence-corrected chi connectivity index (χ1v) is 6.85. The number of anilines is 1. The lowest BCUT2D eigenvalue weighted by atomic mass is 10.2. The highest BCUT2D eigenvalue weighted by Crippen LogP contribution is 2.21. The van der Waals surface area contributed by atoms with Crippen molar-refractivity contribution in [3.63, 3.8) is 0 Å². The molecule has 3 rings (SSSR count). The van der Waals surface area contributed by atoms with Gasteiger partial charge in [-0.15, -0.1) is 0 Å². The van der Waals surface area contributed by atoms with E-state index in [2.05, 4.69) is 10.4 Å². The highest BCUT2D eigenvalue weighted by atomic mass is 16.3. The Bertz CT molecular complexity index is 735. The molecular formula is C17H17N3O. The minimum absolute atomic E-state index is 0.306. The van der Waals surface area contributed by atoms with Crippen molar-refractivity contribution in [2.45, 2.75) is 13.5 Å². The van der Waals surface area contributed by atoms with Gasteiger partial charge in [-0.3, -0.25) is 0 Å². The monoisotopic (exact) mass is 279 g/mol. The topological polar surface area (TPSA) is 50.1 Å². The van der Waals surface area contributed by atoms with Crippen LogP contribution in [0.2, 0.25) is 0 Å². The number of hydrogen-bond donors (Lipinski definition) is 2. The van der Waals surface area contributed by atoms with E-state index < -0.39 is 0 Å². The lowest BCUT2D eigenvalue weighted by Gasteiger charge is -2.06. The zero-order valence-electron chi connectivity index (χ0n) is 11.8. The molecule has 0 aliphatic rings. The van der Waals surface area contributed by atoms with Gasteiger partial charge in [0.2, 0.25) is 0 Å². The molecule has 0 bridgehead atoms. The van der Waals surface area contributed by atoms with Gasteiger partial charge in [0.25, 0.3) is 0 Å². The van der Waals surface area contributed by atoms with E-state index in [1.165, 1.54) is 0 Å². The van der Waals surface area contributed by atoms with Gasteiger partial charge < -0.3 is 10.4 Å². The summed E-state index contributed by atoms with van der Waals surface area (Å²) in [6.45, 7) is 2.54. The maximum absolute atomic E-state index is 9.69. The maximum atomic E-state index is 9.69. The Labute approximate surface area is 123 Å². The van der Waals surface area contributed by atoms with Crippen molar-refractivity contribution in [1.29, 1.82) is 0 Å². The molecular weight excluding hydrogens is 262 g/mol. The predicted octanol–water partition coefficient (Wildman–Crippen LogP) is 3.50. The Kier molecular flexibility index (Phi) is 3.60. The van der Waals surface area contributed by atoms with Crippen LogP contribution in [0.15, 0.2) is 60.9 Å². The molecule has 0 fully saturated rings. The summed E-state index contributed by atoms with van der Waals surface area (Å²) in [5, 5.41) is 17.3. The Morgan fingerprint density at radius 1 is 1.14 bits per heavy atom. The third kappa shape index (κ3) is 3.05. The molecule has 2 aromatic carbocycles. The molecule has 3 aromatic rings. The predicted molar refractivity (Wildman–Crippen MR) is 83.7 cm³/mol. The van der Waals surface area contributed by atoms with E-state index in [0.717, 1.165) is 22.5 Å². The van der Waals surface area contributed by atoms with Crippen molar-refractivity contribution in [3.05, 3.63) is 72.1 Å². The molecule has 0 saturated carbocycles. The van der Waals surface area contributed by atoms with E-state index in [1.54, 1.807) is 6.07 Å². The van der Waals surface area contributed by atoms with Crippen molar-refractivity contribution in [2.24, 2.45) is 0 Å². The summed E-state index contributed by atoms with van der Waals surface area (Å²) in [6.07, 6.45) is 3.84. The summed E-state index contributed by atoms with van der Waals surface area (Å²) in [6, 6.07) is 15.6. The number of aromatic hydroxyl groups is 1. The molecule has 106 valence electrons. The molecule has 0 unspecified atom stereocenters. The lowest BCUT2D eigenvalue weighted by molar-refractivity contribution is 0.471. The maximum Gasteiger partial charge on any atom is 0.120 e. The first-order chi connectivity index (χ1) is 10.2. The van der Waals surface area contributed by atoms with Crippen LogP contribution >= 0.6 is 0 Å². The Hall–Kier alpha value is -2.75. The second kappa shape index (κ2) is 5.71. The minimum Gasteiger partial charge on any atom is -0.508 e. The fourth-order valence-electron chi connectivity index (χ4n) is 2.10. The van der Waals surface area contributed by atoms with Crippen LogP contribution in [0.25, 0.3) is 5.69 Å². The normalized spacial score (nSPS) is 10.5. The number of para-hydroxylation sites is 1. The number of phenolic OH excluding ortho intramolecular Hbond substituents is 1. The number of aromatic nitrogens is 2. The van der Waals surface area contributed by atoms with Gasteiger partial charge in [0.15, 0.2) is 0 Å². The number of rotatable bonds is 4. The van der Waals surface area contributed by atoms with Crippen molar-refractivity contribution >= 4 is 5.69 Å². The van der Waals surface area contributed by atoms with Gasteiger partial charge in [-0.2, -0.15) is 5.10 Å². The second-order valence-electron chi connectivity index (χ2n) is 4.98. The van der Waals surface area contributed by atoms with Gasteiger partial charge >= 0.3 is 0 Å². The molecule has 1 aromatic heterocycles. The molecule has 0 saturated heterocycles. The van der Waals surface area contributed by atoms with Gasteiger partial charge in [-0.05, 0) is 30.7 Å². The highest BCUT2D eigenvalue weighted by molar-refractivity contribution is 5.51. The van der Waals surface area contributed by atoms with Crippen LogP contribution in [0, 0.1) is 6.92 Å². The summed E-state index contributed by atoms with van der Waals surface area (Å²) in [7, 11) is 0. The summed E-state index contributed by atoms with van der Waals surface area (Å²) in [5.74, 6) is 0.306. The first-order valence-electron chi connectivity index (χ1n) is 6.85. The standard InChI is InChI=1S/C17H17N3O/c1-13-7-8-15(9-17(13)21)18-10-14-11-19-20(12-14)16-5-3-2-4-6-16/h2-9,11-12,18,21H,10H2,1H3. The molecule has 0 spiro atoms. The van der Waals surface area contributed by atoms with Gasteiger partial charge in [0, 0.05) is 30.1 Å². The Morgan fingerprint density at radius 3 is 2.71 bits per heavy atom. The van der Waals surface area contributed by atoms with Gasteiger partial charge in [0.05, 0.1) is 11.9 Å². The van der Waals surface area contributed by atoms with Crippen LogP contribution in [-0.4, -0.2) is 14.9 Å². The zero-order valence-corrected chi connectivity index (χ0v) is 11.8. The Morgan fingerprint density at radius 2 is 1.95 bits per heavy atom. The van der Waals surface area contributed by atoms with E-state index in [9.17, 15) is 5.11 Å². The smallest absolute Gasteiger partial charge is 0.120 e. The van der Waals surface area contributed by atoms with Crippen LogP contribution in [-0.2, 0) is 6.54 Å². The molecule has 1 heterocycles. The quantitative estimate of drug-likeness (QED) is 0.768. The molecule has 0 atom stereocenters. The fourth-order valence-corrected chi connectivity index (χ4v) is 2.10. The molecule has 4 nitrogen and oxygen atoms in total. The number of phenols is 1. The average Bonchev–Trinajstić information content (AvgIpc) is 2.98. The molecule has 4 heteroatoms. The lowest BCUT2D eigenvalue weighted by Crippen LogP contribution is -1.98. The summed E-state index contributed by atoms with van der Waals surface area (Å²) < 4.78 is 1.85. The van der Waals surface area contributed by atoms with E-state index in [-0.39, 0.29) is 0 Å². The minimum atomic E-state index is 0.306. The number of nitrogens with one attached hydrogen (secondary N) is 1. The molecule has 0 amide bonds. The zero-order chi connectivity index (χ0) is 14.7. The fraction of sp³-hybridized carbons (Fsp3) is 0.118. The Balaban J connectivity index is 1.69. The molecule has 0 aliphatic heterocycles. The number of aryl methyl sites for hydroxylation is 1. The third-order valence-corrected chi connectivity index (χ3v) is 3.36. The number of nitrogens with zero attached hydrogens (tertiary/aromatic N) is 2. The van der Waals surface area contributed by atoms with Crippen LogP contribution in [0.4, 0.5) is 5.69 Å². The van der Waals surface area contributed by atoms with Gasteiger partial charge in [-0.1, -0.05) is 24.3 Å². The molecule has 0 radical (unpaired) electrons. The van der Waals surface area contributed by atoms with Crippen LogP contribution in [0.1, 0.15) is 11.1 Å². The SMILES string of the molecule is Cc1ccc(NCc2cnn(-c3ccccc3)c2)cc1O. The average molecular weight is 279 g/mol. The van der Waals surface area contributed by atoms with Crippen molar-refractivity contribution in [2.75, 3.05) is 5.32 Å². The van der Waals surface area contributed by atoms with Crippen molar-refractivity contribution in [3.8, 4) is 11.4 Å². The van der Waals surface area contributed by atoms with E-state index in [4.69, 9.17) is 0 Å². The van der Waals surface area contributed by atoms with Crippen LogP contribution in [0.3, 0.4) is 0 Å². The molecule has 0 aliphatic carbocycles. The van der Waals surface area contributed by atoms with Crippen LogP contribution < -0.4 is 5.32 Å². The van der Waals surface area contributed by atoms with E-state index >= 15 is 0 Å². The summed E-state index contributed by atoms with van der Waals surface area (Å²) >= 11 is 0. The van der Waals surface area contributed by atoms with Gasteiger partial charge in [-0.25, -0.2) is 4.68 Å². The summed E-state index contributed by atoms with van der Waals surface area (Å²) in [5.41, 5.74) is 3.89. The van der Waals surface area contributed by atoms with Crippen molar-refractivity contribution in [1.82, 2.24) is 9.78 Å². The summed E-state index contributed by atoms with van der Waals surface area (Å²) in [4.78, 5) is 0. The van der Waals surface area contributed by atoms with Crippen molar-refractivity contribution < 1.29 is 5.11 Å². The highest BCUT2D eigenvalue weighted by Gasteiger charge is 2.02. The first kappa shape index (κ1) is 13.2. The van der Waals surface area contributed by atoms with Gasteiger partial charge in [0.1, 0.15) is 5.75 Å². The largest absolute Gasteiger partial charge is 0.508 e. The number of hydrogen-bond acceptors (Lipinski definition) is 3. The van der Waals surface area contributed by atoms with E-state index in [0.29, 0.717) is 12.3 Å². The molecule has 21 heavy (non-hydrogen) atoms.